The molecule has 0 aliphatic carbocycles. The maximum atomic E-state index is 5.19. The third-order valence-corrected chi connectivity index (χ3v) is 4.05. The van der Waals surface area contributed by atoms with E-state index in [1.54, 1.807) is 7.11 Å². The zero-order valence-corrected chi connectivity index (χ0v) is 13.8. The van der Waals surface area contributed by atoms with Crippen molar-refractivity contribution in [3.8, 4) is 0 Å². The van der Waals surface area contributed by atoms with Gasteiger partial charge in [-0.25, -0.2) is 9.97 Å². The Kier molecular flexibility index (Phi) is 5.39. The molecule has 0 saturated carbocycles. The zero-order chi connectivity index (χ0) is 15.3. The van der Waals surface area contributed by atoms with Gasteiger partial charge in [0.05, 0.1) is 0 Å². The highest BCUT2D eigenvalue weighted by Gasteiger charge is 2.24. The predicted molar refractivity (Wildman–Crippen MR) is 86.8 cm³/mol. The molecule has 1 N–H and O–H groups in total. The monoisotopic (exact) mass is 292 g/mol. The molecule has 0 aromatic carbocycles. The number of nitrogens with one attached hydrogen (secondary N) is 1. The lowest BCUT2D eigenvalue weighted by Crippen LogP contribution is -2.26. The van der Waals surface area contributed by atoms with E-state index in [2.05, 4.69) is 47.0 Å². The fourth-order valence-electron chi connectivity index (χ4n) is 2.76. The Labute approximate surface area is 128 Å². The highest BCUT2D eigenvalue weighted by molar-refractivity contribution is 5.49. The highest BCUT2D eigenvalue weighted by Crippen LogP contribution is 2.31. The third kappa shape index (κ3) is 4.56. The van der Waals surface area contributed by atoms with Crippen LogP contribution in [0.25, 0.3) is 0 Å². The van der Waals surface area contributed by atoms with Crippen LogP contribution in [0.1, 0.15) is 45.9 Å². The molecule has 1 saturated heterocycles. The average molecular weight is 292 g/mol. The molecule has 5 heteroatoms. The molecule has 0 radical (unpaired) electrons. The summed E-state index contributed by atoms with van der Waals surface area (Å²) in [5.74, 6) is 2.65. The molecule has 2 rings (SSSR count). The van der Waals surface area contributed by atoms with Gasteiger partial charge in [0.15, 0.2) is 5.82 Å². The van der Waals surface area contributed by atoms with Crippen molar-refractivity contribution < 1.29 is 4.74 Å². The van der Waals surface area contributed by atoms with Crippen LogP contribution < -0.4 is 10.2 Å². The first-order valence-electron chi connectivity index (χ1n) is 7.90. The number of nitrogens with zero attached hydrogens (tertiary/aromatic N) is 3. The van der Waals surface area contributed by atoms with Crippen molar-refractivity contribution in [2.24, 2.45) is 5.41 Å². The van der Waals surface area contributed by atoms with Gasteiger partial charge in [0.1, 0.15) is 18.2 Å². The van der Waals surface area contributed by atoms with Crippen LogP contribution >= 0.6 is 0 Å². The van der Waals surface area contributed by atoms with E-state index in [9.17, 15) is 0 Å². The van der Waals surface area contributed by atoms with E-state index in [0.717, 1.165) is 37.1 Å². The molecule has 0 spiro atoms. The van der Waals surface area contributed by atoms with Crippen LogP contribution in [0.4, 0.5) is 11.6 Å². The second-order valence-corrected chi connectivity index (χ2v) is 6.50. The van der Waals surface area contributed by atoms with Gasteiger partial charge in [-0.15, -0.1) is 0 Å². The van der Waals surface area contributed by atoms with Crippen molar-refractivity contribution in [1.82, 2.24) is 9.97 Å². The molecule has 5 nitrogen and oxygen atoms in total. The normalized spacial score (nSPS) is 18.4. The van der Waals surface area contributed by atoms with Gasteiger partial charge in [0.2, 0.25) is 0 Å². The first-order chi connectivity index (χ1) is 10.0. The summed E-state index contributed by atoms with van der Waals surface area (Å²) < 4.78 is 5.19. The largest absolute Gasteiger partial charge is 0.377 e. The second-order valence-electron chi connectivity index (χ2n) is 6.50. The smallest absolute Gasteiger partial charge is 0.158 e. The van der Waals surface area contributed by atoms with Crippen LogP contribution in [-0.4, -0.2) is 36.7 Å². The Hall–Kier alpha value is -1.36. The van der Waals surface area contributed by atoms with Crippen LogP contribution in [0.3, 0.4) is 0 Å². The first-order valence-corrected chi connectivity index (χ1v) is 7.90. The molecular weight excluding hydrogens is 264 g/mol. The maximum absolute atomic E-state index is 5.19. The van der Waals surface area contributed by atoms with Crippen molar-refractivity contribution in [2.45, 2.75) is 46.6 Å². The van der Waals surface area contributed by atoms with Gasteiger partial charge in [-0.1, -0.05) is 13.8 Å². The molecule has 1 aromatic rings. The van der Waals surface area contributed by atoms with Crippen molar-refractivity contribution >= 4 is 11.6 Å². The minimum absolute atomic E-state index is 0.432. The predicted octanol–water partition coefficient (Wildman–Crippen LogP) is 3.07. The molecule has 0 amide bonds. The van der Waals surface area contributed by atoms with Gasteiger partial charge >= 0.3 is 0 Å². The van der Waals surface area contributed by atoms with Crippen LogP contribution in [0.2, 0.25) is 0 Å². The average Bonchev–Trinajstić information content (AvgIpc) is 2.60. The number of aromatic nitrogens is 2. The molecule has 0 unspecified atom stereocenters. The van der Waals surface area contributed by atoms with E-state index in [-0.39, 0.29) is 0 Å². The Morgan fingerprint density at radius 2 is 2.10 bits per heavy atom. The van der Waals surface area contributed by atoms with Crippen LogP contribution in [0, 0.1) is 5.41 Å². The Morgan fingerprint density at radius 1 is 1.29 bits per heavy atom. The highest BCUT2D eigenvalue weighted by atomic mass is 16.5. The van der Waals surface area contributed by atoms with E-state index in [0.29, 0.717) is 12.0 Å². The topological polar surface area (TPSA) is 50.3 Å². The zero-order valence-electron chi connectivity index (χ0n) is 13.8. The van der Waals surface area contributed by atoms with Gasteiger partial charge in [-0.2, -0.15) is 0 Å². The molecule has 1 fully saturated rings. The van der Waals surface area contributed by atoms with E-state index >= 15 is 0 Å². The van der Waals surface area contributed by atoms with Gasteiger partial charge in [0, 0.05) is 32.8 Å². The lowest BCUT2D eigenvalue weighted by molar-refractivity contribution is 0.178. The van der Waals surface area contributed by atoms with Gasteiger partial charge in [0.25, 0.3) is 0 Å². The van der Waals surface area contributed by atoms with E-state index in [1.165, 1.54) is 19.3 Å². The van der Waals surface area contributed by atoms with Gasteiger partial charge in [-0.05, 0) is 31.6 Å². The summed E-state index contributed by atoms with van der Waals surface area (Å²) >= 11 is 0. The maximum Gasteiger partial charge on any atom is 0.158 e. The summed E-state index contributed by atoms with van der Waals surface area (Å²) in [5.41, 5.74) is 0.432. The number of hydrogen-bond donors (Lipinski definition) is 1. The SMILES string of the molecule is CCNc1cc(N2CCCC(C)(C)CC2)nc(COC)n1. The summed E-state index contributed by atoms with van der Waals surface area (Å²) in [6.45, 7) is 10.2. The van der Waals surface area contributed by atoms with Crippen molar-refractivity contribution in [3.05, 3.63) is 11.9 Å². The Bertz CT molecular complexity index is 437. The minimum Gasteiger partial charge on any atom is -0.377 e. The summed E-state index contributed by atoms with van der Waals surface area (Å²) in [6, 6.07) is 2.06. The quantitative estimate of drug-likeness (QED) is 0.904. The van der Waals surface area contributed by atoms with Crippen molar-refractivity contribution in [2.75, 3.05) is 37.0 Å². The third-order valence-electron chi connectivity index (χ3n) is 4.05. The molecular formula is C16H28N4O. The number of methoxy groups -OCH3 is 1. The molecule has 2 heterocycles. The number of rotatable bonds is 5. The molecule has 0 atom stereocenters. The standard InChI is InChI=1S/C16H28N4O/c1-5-17-13-11-15(19-14(18-13)12-21-4)20-9-6-7-16(2,3)8-10-20/h11H,5-10,12H2,1-4H3,(H,17,18,19). The molecule has 118 valence electrons. The van der Waals surface area contributed by atoms with Gasteiger partial charge < -0.3 is 15.0 Å². The number of anilines is 2. The molecule has 1 aromatic heterocycles. The molecule has 21 heavy (non-hydrogen) atoms. The van der Waals surface area contributed by atoms with Crippen molar-refractivity contribution in [3.63, 3.8) is 0 Å². The van der Waals surface area contributed by atoms with Crippen LogP contribution in [0.15, 0.2) is 6.07 Å². The van der Waals surface area contributed by atoms with E-state index < -0.39 is 0 Å². The van der Waals surface area contributed by atoms with Crippen LogP contribution in [0.5, 0.6) is 0 Å². The second kappa shape index (κ2) is 7.07. The molecule has 0 bridgehead atoms. The number of hydrogen-bond acceptors (Lipinski definition) is 5. The lowest BCUT2D eigenvalue weighted by atomic mass is 9.85. The van der Waals surface area contributed by atoms with E-state index in [1.807, 2.05) is 0 Å². The summed E-state index contributed by atoms with van der Waals surface area (Å²) in [4.78, 5) is 11.5. The fraction of sp³-hybridized carbons (Fsp3) is 0.750. The fourth-order valence-corrected chi connectivity index (χ4v) is 2.76. The molecule has 1 aliphatic heterocycles. The Morgan fingerprint density at radius 3 is 2.81 bits per heavy atom. The summed E-state index contributed by atoms with van der Waals surface area (Å²) in [7, 11) is 1.68. The molecule has 1 aliphatic rings. The van der Waals surface area contributed by atoms with E-state index in [4.69, 9.17) is 4.74 Å². The minimum atomic E-state index is 0.432. The van der Waals surface area contributed by atoms with Crippen molar-refractivity contribution in [1.29, 1.82) is 0 Å². The summed E-state index contributed by atoms with van der Waals surface area (Å²) in [6.07, 6.45) is 3.69. The number of ether oxygens (including phenoxy) is 1. The lowest BCUT2D eigenvalue weighted by Gasteiger charge is -2.24. The van der Waals surface area contributed by atoms with Crippen LogP contribution in [-0.2, 0) is 11.3 Å². The first kappa shape index (κ1) is 16.0. The summed E-state index contributed by atoms with van der Waals surface area (Å²) in [5, 5.41) is 3.28. The van der Waals surface area contributed by atoms with Gasteiger partial charge in [-0.3, -0.25) is 0 Å². The Balaban J connectivity index is 2.20.